The minimum Gasteiger partial charge on any atom is -0.445 e. The van der Waals surface area contributed by atoms with E-state index in [9.17, 15) is 12.9 Å². The van der Waals surface area contributed by atoms with Crippen LogP contribution in [0.3, 0.4) is 0 Å². The third kappa shape index (κ3) is 3.33. The van der Waals surface area contributed by atoms with E-state index in [0.29, 0.717) is 5.92 Å². The van der Waals surface area contributed by atoms with Crippen molar-refractivity contribution in [3.8, 4) is 0 Å². The van der Waals surface area contributed by atoms with E-state index < -0.39 is 12.4 Å². The predicted octanol–water partition coefficient (Wildman–Crippen LogP) is 0.0125. The standard InChI is InChI=1S/C10H11BF3.K/c12-11(13,14)10-6-2-5-9(7-10)8-3-1-4-8;/h2,5-8H,1,3-4H2;/q-1;+1. The number of hydrogen-bond acceptors (Lipinski definition) is 0. The predicted molar refractivity (Wildman–Crippen MR) is 51.7 cm³/mol. The minimum atomic E-state index is -4.83. The molecule has 0 saturated heterocycles. The molecule has 5 heteroatoms. The summed E-state index contributed by atoms with van der Waals surface area (Å²) in [6.07, 6.45) is 3.22. The van der Waals surface area contributed by atoms with Gasteiger partial charge in [0.15, 0.2) is 0 Å². The van der Waals surface area contributed by atoms with Crippen LogP contribution in [0.1, 0.15) is 30.7 Å². The molecule has 0 spiro atoms. The molecule has 0 aliphatic heterocycles. The summed E-state index contributed by atoms with van der Waals surface area (Å²) in [5, 5.41) is 0. The second-order valence-electron chi connectivity index (χ2n) is 3.87. The molecule has 0 heterocycles. The first-order valence-electron chi connectivity index (χ1n) is 4.87. The fourth-order valence-corrected chi connectivity index (χ4v) is 1.76. The van der Waals surface area contributed by atoms with Crippen LogP contribution in [0.15, 0.2) is 24.3 Å². The van der Waals surface area contributed by atoms with Crippen LogP contribution in [0.25, 0.3) is 0 Å². The summed E-state index contributed by atoms with van der Waals surface area (Å²) in [6, 6.07) is 5.78. The van der Waals surface area contributed by atoms with Gasteiger partial charge in [-0.1, -0.05) is 30.7 Å². The van der Waals surface area contributed by atoms with E-state index in [-0.39, 0.29) is 51.4 Å². The Kier molecular flexibility index (Phi) is 4.92. The van der Waals surface area contributed by atoms with Crippen molar-refractivity contribution in [3.05, 3.63) is 29.8 Å². The Hall–Kier alpha value is 0.711. The van der Waals surface area contributed by atoms with Crippen molar-refractivity contribution in [1.29, 1.82) is 0 Å². The second-order valence-corrected chi connectivity index (χ2v) is 3.87. The van der Waals surface area contributed by atoms with E-state index in [1.807, 2.05) is 0 Å². The molecule has 0 nitrogen and oxygen atoms in total. The van der Waals surface area contributed by atoms with Crippen molar-refractivity contribution in [2.75, 3.05) is 0 Å². The van der Waals surface area contributed by atoms with Crippen LogP contribution in [0.2, 0.25) is 0 Å². The van der Waals surface area contributed by atoms with Crippen LogP contribution in [-0.4, -0.2) is 6.98 Å². The summed E-state index contributed by atoms with van der Waals surface area (Å²) < 4.78 is 37.2. The van der Waals surface area contributed by atoms with Gasteiger partial charge in [-0.2, -0.15) is 0 Å². The van der Waals surface area contributed by atoms with E-state index in [4.69, 9.17) is 0 Å². The van der Waals surface area contributed by atoms with E-state index in [2.05, 4.69) is 0 Å². The smallest absolute Gasteiger partial charge is 0.445 e. The van der Waals surface area contributed by atoms with Gasteiger partial charge in [-0.15, -0.1) is 5.46 Å². The Balaban J connectivity index is 0.00000112. The summed E-state index contributed by atoms with van der Waals surface area (Å²) in [6.45, 7) is -4.83. The molecule has 0 aromatic heterocycles. The molecule has 1 fully saturated rings. The Morgan fingerprint density at radius 3 is 2.27 bits per heavy atom. The molecule has 1 aliphatic carbocycles. The molecule has 0 unspecified atom stereocenters. The summed E-state index contributed by atoms with van der Waals surface area (Å²) in [5.74, 6) is 0.369. The Labute approximate surface area is 130 Å². The van der Waals surface area contributed by atoms with Gasteiger partial charge in [0.2, 0.25) is 0 Å². The van der Waals surface area contributed by atoms with Crippen molar-refractivity contribution >= 4 is 12.4 Å². The topological polar surface area (TPSA) is 0 Å². The molecule has 0 radical (unpaired) electrons. The maximum absolute atomic E-state index is 12.4. The maximum atomic E-state index is 12.4. The van der Waals surface area contributed by atoms with E-state index in [1.54, 1.807) is 6.07 Å². The monoisotopic (exact) mass is 238 g/mol. The van der Waals surface area contributed by atoms with E-state index in [1.165, 1.54) is 12.1 Å². The SMILES string of the molecule is F[B-](F)(F)c1cccc(C2CCC2)c1.[K+]. The molecule has 0 N–H and O–H groups in total. The molecule has 0 bridgehead atoms. The van der Waals surface area contributed by atoms with Crippen LogP contribution in [-0.2, 0) is 0 Å². The molecule has 1 saturated carbocycles. The molecule has 0 atom stereocenters. The van der Waals surface area contributed by atoms with Gasteiger partial charge in [-0.3, -0.25) is 0 Å². The first kappa shape index (κ1) is 13.8. The van der Waals surface area contributed by atoms with Crippen LogP contribution in [0.4, 0.5) is 12.9 Å². The average Bonchev–Trinajstić information content (AvgIpc) is 2.00. The van der Waals surface area contributed by atoms with Crippen molar-refractivity contribution in [2.24, 2.45) is 0 Å². The van der Waals surface area contributed by atoms with Crippen molar-refractivity contribution in [3.63, 3.8) is 0 Å². The number of hydrogen-bond donors (Lipinski definition) is 0. The van der Waals surface area contributed by atoms with Crippen LogP contribution >= 0.6 is 0 Å². The van der Waals surface area contributed by atoms with Gasteiger partial charge in [0.25, 0.3) is 0 Å². The van der Waals surface area contributed by atoms with Crippen LogP contribution < -0.4 is 56.8 Å². The fraction of sp³-hybridized carbons (Fsp3) is 0.400. The quantitative estimate of drug-likeness (QED) is 0.637. The van der Waals surface area contributed by atoms with E-state index >= 15 is 0 Å². The first-order chi connectivity index (χ1) is 6.57. The summed E-state index contributed by atoms with van der Waals surface area (Å²) in [5.41, 5.74) is 0.391. The summed E-state index contributed by atoms with van der Waals surface area (Å²) in [4.78, 5) is 0. The zero-order valence-corrected chi connectivity index (χ0v) is 11.8. The van der Waals surface area contributed by atoms with Crippen molar-refractivity contribution in [2.45, 2.75) is 25.2 Å². The largest absolute Gasteiger partial charge is 1.00 e. The molecular formula is C10H11BF3K. The van der Waals surface area contributed by atoms with Crippen molar-refractivity contribution < 1.29 is 64.3 Å². The van der Waals surface area contributed by atoms with Gasteiger partial charge in [-0.05, 0) is 24.3 Å². The molecule has 2 rings (SSSR count). The first-order valence-corrected chi connectivity index (χ1v) is 4.87. The van der Waals surface area contributed by atoms with E-state index in [0.717, 1.165) is 30.9 Å². The molecule has 1 aromatic rings. The molecule has 1 aliphatic rings. The third-order valence-corrected chi connectivity index (χ3v) is 2.87. The second kappa shape index (κ2) is 5.36. The Bertz CT molecular complexity index is 334. The molecule has 0 amide bonds. The molecular weight excluding hydrogens is 227 g/mol. The van der Waals surface area contributed by atoms with Crippen LogP contribution in [0.5, 0.6) is 0 Å². The number of halogens is 3. The van der Waals surface area contributed by atoms with Crippen molar-refractivity contribution in [1.82, 2.24) is 0 Å². The Morgan fingerprint density at radius 1 is 1.13 bits per heavy atom. The van der Waals surface area contributed by atoms with Crippen LogP contribution in [0, 0.1) is 0 Å². The Morgan fingerprint density at radius 2 is 1.80 bits per heavy atom. The fourth-order valence-electron chi connectivity index (χ4n) is 1.76. The minimum absolute atomic E-state index is 0. The van der Waals surface area contributed by atoms with Gasteiger partial charge in [0.1, 0.15) is 0 Å². The number of benzene rings is 1. The normalized spacial score (nSPS) is 16.7. The zero-order chi connectivity index (χ0) is 10.2. The molecule has 1 aromatic carbocycles. The van der Waals surface area contributed by atoms with Gasteiger partial charge in [-0.25, -0.2) is 0 Å². The van der Waals surface area contributed by atoms with Gasteiger partial charge in [0.05, 0.1) is 0 Å². The summed E-state index contributed by atoms with van der Waals surface area (Å²) >= 11 is 0. The average molecular weight is 238 g/mol. The summed E-state index contributed by atoms with van der Waals surface area (Å²) in [7, 11) is 0. The molecule has 76 valence electrons. The maximum Gasteiger partial charge on any atom is 1.00 e. The van der Waals surface area contributed by atoms with Gasteiger partial charge >= 0.3 is 58.4 Å². The zero-order valence-electron chi connectivity index (χ0n) is 8.72. The molecule has 15 heavy (non-hydrogen) atoms. The third-order valence-electron chi connectivity index (χ3n) is 2.87. The van der Waals surface area contributed by atoms with Gasteiger partial charge in [0, 0.05) is 0 Å². The van der Waals surface area contributed by atoms with Gasteiger partial charge < -0.3 is 12.9 Å². The number of rotatable bonds is 2.